The van der Waals surface area contributed by atoms with Gasteiger partial charge in [-0.3, -0.25) is 4.79 Å². The van der Waals surface area contributed by atoms with E-state index in [1.165, 1.54) is 19.3 Å². The molecular formula is C17H29N3O. The summed E-state index contributed by atoms with van der Waals surface area (Å²) < 4.78 is 2.06. The second-order valence-electron chi connectivity index (χ2n) is 6.59. The van der Waals surface area contributed by atoms with Gasteiger partial charge in [0.2, 0.25) is 0 Å². The molecule has 21 heavy (non-hydrogen) atoms. The fourth-order valence-corrected chi connectivity index (χ4v) is 3.02. The van der Waals surface area contributed by atoms with Crippen LogP contribution in [0.2, 0.25) is 0 Å². The number of nitrogens with zero attached hydrogens (tertiary/aromatic N) is 2. The van der Waals surface area contributed by atoms with Gasteiger partial charge >= 0.3 is 0 Å². The molecule has 0 saturated carbocycles. The molecule has 1 unspecified atom stereocenters. The lowest BCUT2D eigenvalue weighted by molar-refractivity contribution is 0.0664. The van der Waals surface area contributed by atoms with E-state index in [0.29, 0.717) is 12.1 Å². The van der Waals surface area contributed by atoms with Crippen molar-refractivity contribution in [2.75, 3.05) is 13.1 Å². The highest BCUT2D eigenvalue weighted by Crippen LogP contribution is 2.17. The van der Waals surface area contributed by atoms with Crippen molar-refractivity contribution in [2.24, 2.45) is 0 Å². The molecule has 1 atom stereocenters. The van der Waals surface area contributed by atoms with Crippen LogP contribution >= 0.6 is 0 Å². The summed E-state index contributed by atoms with van der Waals surface area (Å²) in [6.45, 7) is 10.3. The zero-order chi connectivity index (χ0) is 15.4. The van der Waals surface area contributed by atoms with Gasteiger partial charge in [-0.25, -0.2) is 0 Å². The van der Waals surface area contributed by atoms with Gasteiger partial charge in [-0.2, -0.15) is 0 Å². The van der Waals surface area contributed by atoms with Gasteiger partial charge < -0.3 is 14.8 Å². The fraction of sp³-hybridized carbons (Fsp3) is 0.706. The standard InChI is InChI=1S/C17H29N3O/c1-13(2)19-11-7-9-16(19)17(21)20(14(3)4)12-15-8-5-6-10-18-15/h7,9,11,13-15,18H,5-6,8,10,12H2,1-4H3. The quantitative estimate of drug-likeness (QED) is 0.905. The molecular weight excluding hydrogens is 262 g/mol. The Morgan fingerprint density at radius 1 is 1.38 bits per heavy atom. The summed E-state index contributed by atoms with van der Waals surface area (Å²) in [7, 11) is 0. The van der Waals surface area contributed by atoms with E-state index >= 15 is 0 Å². The molecule has 1 aromatic rings. The first-order valence-corrected chi connectivity index (χ1v) is 8.22. The van der Waals surface area contributed by atoms with Gasteiger partial charge in [0.25, 0.3) is 5.91 Å². The average Bonchev–Trinajstić information content (AvgIpc) is 2.94. The second-order valence-corrected chi connectivity index (χ2v) is 6.59. The first kappa shape index (κ1) is 16.1. The van der Waals surface area contributed by atoms with Crippen LogP contribution in [0.3, 0.4) is 0 Å². The molecule has 118 valence electrons. The minimum atomic E-state index is 0.149. The van der Waals surface area contributed by atoms with Gasteiger partial charge in [0.1, 0.15) is 5.69 Å². The zero-order valence-electron chi connectivity index (χ0n) is 13.8. The lowest BCUT2D eigenvalue weighted by Gasteiger charge is -2.33. The molecule has 0 bridgehead atoms. The largest absolute Gasteiger partial charge is 0.341 e. The number of amides is 1. The van der Waals surface area contributed by atoms with E-state index in [1.54, 1.807) is 0 Å². The number of hydrogen-bond acceptors (Lipinski definition) is 2. The summed E-state index contributed by atoms with van der Waals surface area (Å²) in [6.07, 6.45) is 5.68. The summed E-state index contributed by atoms with van der Waals surface area (Å²) in [5.74, 6) is 0.149. The van der Waals surface area contributed by atoms with E-state index in [2.05, 4.69) is 37.6 Å². The summed E-state index contributed by atoms with van der Waals surface area (Å²) >= 11 is 0. The van der Waals surface area contributed by atoms with Gasteiger partial charge in [-0.05, 0) is 59.2 Å². The zero-order valence-corrected chi connectivity index (χ0v) is 13.8. The third kappa shape index (κ3) is 3.88. The predicted molar refractivity (Wildman–Crippen MR) is 86.6 cm³/mol. The minimum Gasteiger partial charge on any atom is -0.341 e. The van der Waals surface area contributed by atoms with Gasteiger partial charge in [-0.15, -0.1) is 0 Å². The number of carbonyl (C=O) groups excluding carboxylic acids is 1. The molecule has 1 aliphatic rings. The molecule has 1 N–H and O–H groups in total. The van der Waals surface area contributed by atoms with Crippen LogP contribution < -0.4 is 5.32 Å². The van der Waals surface area contributed by atoms with Crippen LogP contribution in [-0.2, 0) is 0 Å². The molecule has 2 rings (SSSR count). The van der Waals surface area contributed by atoms with E-state index in [9.17, 15) is 4.79 Å². The molecule has 1 fully saturated rings. The fourth-order valence-electron chi connectivity index (χ4n) is 3.02. The van der Waals surface area contributed by atoms with E-state index < -0.39 is 0 Å². The van der Waals surface area contributed by atoms with Crippen LogP contribution in [0.1, 0.15) is 63.5 Å². The van der Waals surface area contributed by atoms with E-state index in [4.69, 9.17) is 0 Å². The second kappa shape index (κ2) is 7.12. The normalized spacial score (nSPS) is 19.2. The van der Waals surface area contributed by atoms with E-state index in [-0.39, 0.29) is 11.9 Å². The molecule has 0 aromatic carbocycles. The number of carbonyl (C=O) groups is 1. The van der Waals surface area contributed by atoms with Crippen molar-refractivity contribution in [3.05, 3.63) is 24.0 Å². The highest BCUT2D eigenvalue weighted by molar-refractivity contribution is 5.93. The minimum absolute atomic E-state index is 0.149. The third-order valence-electron chi connectivity index (χ3n) is 4.27. The lowest BCUT2D eigenvalue weighted by atomic mass is 10.0. The number of nitrogens with one attached hydrogen (secondary N) is 1. The van der Waals surface area contributed by atoms with Crippen LogP contribution in [-0.4, -0.2) is 40.5 Å². The Labute approximate surface area is 128 Å². The van der Waals surface area contributed by atoms with Crippen LogP contribution in [0.5, 0.6) is 0 Å². The Morgan fingerprint density at radius 3 is 2.71 bits per heavy atom. The van der Waals surface area contributed by atoms with Crippen LogP contribution in [0.4, 0.5) is 0 Å². The van der Waals surface area contributed by atoms with Crippen LogP contribution in [0, 0.1) is 0 Å². The SMILES string of the molecule is CC(C)N(CC1CCCCN1)C(=O)c1cccn1C(C)C. The molecule has 0 spiro atoms. The summed E-state index contributed by atoms with van der Waals surface area (Å²) in [6, 6.07) is 4.86. The molecule has 1 aromatic heterocycles. The maximum atomic E-state index is 12.9. The van der Waals surface area contributed by atoms with Crippen LogP contribution in [0.15, 0.2) is 18.3 Å². The van der Waals surface area contributed by atoms with Crippen LogP contribution in [0.25, 0.3) is 0 Å². The highest BCUT2D eigenvalue weighted by atomic mass is 16.2. The number of piperidine rings is 1. The van der Waals surface area contributed by atoms with E-state index in [1.807, 2.05) is 23.2 Å². The first-order chi connectivity index (χ1) is 10.0. The molecule has 2 heterocycles. The maximum absolute atomic E-state index is 12.9. The number of rotatable bonds is 5. The molecule has 1 aliphatic heterocycles. The van der Waals surface area contributed by atoms with Crippen molar-refractivity contribution in [3.8, 4) is 0 Å². The van der Waals surface area contributed by atoms with Gasteiger partial charge in [0.05, 0.1) is 0 Å². The monoisotopic (exact) mass is 291 g/mol. The molecule has 4 heteroatoms. The van der Waals surface area contributed by atoms with E-state index in [0.717, 1.165) is 18.8 Å². The van der Waals surface area contributed by atoms with Crippen molar-refractivity contribution in [2.45, 2.75) is 65.1 Å². The smallest absolute Gasteiger partial charge is 0.270 e. The predicted octanol–water partition coefficient (Wildman–Crippen LogP) is 3.06. The van der Waals surface area contributed by atoms with Gasteiger partial charge in [-0.1, -0.05) is 6.42 Å². The molecule has 1 amide bonds. The first-order valence-electron chi connectivity index (χ1n) is 8.22. The number of hydrogen-bond donors (Lipinski definition) is 1. The van der Waals surface area contributed by atoms with Crippen molar-refractivity contribution >= 4 is 5.91 Å². The Kier molecular flexibility index (Phi) is 5.45. The third-order valence-corrected chi connectivity index (χ3v) is 4.27. The molecule has 0 aliphatic carbocycles. The highest BCUT2D eigenvalue weighted by Gasteiger charge is 2.25. The summed E-state index contributed by atoms with van der Waals surface area (Å²) in [5, 5.41) is 3.54. The summed E-state index contributed by atoms with van der Waals surface area (Å²) in [5.41, 5.74) is 0.800. The Bertz CT molecular complexity index is 458. The Morgan fingerprint density at radius 2 is 2.14 bits per heavy atom. The molecule has 0 radical (unpaired) electrons. The molecule has 1 saturated heterocycles. The summed E-state index contributed by atoms with van der Waals surface area (Å²) in [4.78, 5) is 14.9. The van der Waals surface area contributed by atoms with Gasteiger partial charge in [0.15, 0.2) is 0 Å². The lowest BCUT2D eigenvalue weighted by Crippen LogP contribution is -2.48. The van der Waals surface area contributed by atoms with Crippen molar-refractivity contribution < 1.29 is 4.79 Å². The molecule has 4 nitrogen and oxygen atoms in total. The average molecular weight is 291 g/mol. The van der Waals surface area contributed by atoms with Crippen molar-refractivity contribution in [1.82, 2.24) is 14.8 Å². The Hall–Kier alpha value is -1.29. The topological polar surface area (TPSA) is 37.3 Å². The maximum Gasteiger partial charge on any atom is 0.270 e. The Balaban J connectivity index is 2.13. The van der Waals surface area contributed by atoms with Crippen molar-refractivity contribution in [1.29, 1.82) is 0 Å². The number of aromatic nitrogens is 1. The van der Waals surface area contributed by atoms with Gasteiger partial charge in [0, 0.05) is 30.9 Å². The van der Waals surface area contributed by atoms with Crippen molar-refractivity contribution in [3.63, 3.8) is 0 Å².